The molecule has 176 valence electrons. The molecule has 5 nitrogen and oxygen atoms in total. The van der Waals surface area contributed by atoms with Crippen LogP contribution < -0.4 is 0 Å². The van der Waals surface area contributed by atoms with Gasteiger partial charge in [0.05, 0.1) is 0 Å². The van der Waals surface area contributed by atoms with E-state index in [4.69, 9.17) is 11.6 Å². The number of hydrogen-bond donors (Lipinski definition) is 0. The molecule has 4 rings (SSSR count). The molecule has 0 radical (unpaired) electrons. The van der Waals surface area contributed by atoms with Crippen LogP contribution in [-0.4, -0.2) is 52.2 Å². The second-order valence-electron chi connectivity index (χ2n) is 10.0. The first kappa shape index (κ1) is 23.9. The Morgan fingerprint density at radius 2 is 1.82 bits per heavy atom. The molecular weight excluding hydrogens is 434 g/mol. The Hall–Kier alpha value is -2.24. The normalized spacial score (nSPS) is 23.3. The van der Waals surface area contributed by atoms with Gasteiger partial charge in [0.25, 0.3) is 0 Å². The highest BCUT2D eigenvalue weighted by Gasteiger charge is 2.37. The molecule has 0 bridgehead atoms. The molecule has 2 aliphatic rings. The molecule has 0 N–H and O–H groups in total. The lowest BCUT2D eigenvalue weighted by Gasteiger charge is -2.44. The summed E-state index contributed by atoms with van der Waals surface area (Å²) >= 11 is 6.46. The van der Waals surface area contributed by atoms with Crippen LogP contribution in [-0.2, 0) is 17.8 Å². The summed E-state index contributed by atoms with van der Waals surface area (Å²) in [7, 11) is 0. The number of nitrogens with zero attached hydrogens (tertiary/aromatic N) is 3. The lowest BCUT2D eigenvalue weighted by atomic mass is 9.75. The van der Waals surface area contributed by atoms with Gasteiger partial charge in [-0.25, -0.2) is 0 Å². The van der Waals surface area contributed by atoms with E-state index in [-0.39, 0.29) is 17.7 Å². The number of halogens is 1. The van der Waals surface area contributed by atoms with Gasteiger partial charge >= 0.3 is 0 Å². The molecule has 0 unspecified atom stereocenters. The SMILES string of the molecule is Cc1ccc(C(=O)Cc2cc(Cl)cc(CN3CCN(C(=O)C4CC(C)C4)[C@@H](C)C3)c2C)cn1. The van der Waals surface area contributed by atoms with Crippen molar-refractivity contribution in [1.29, 1.82) is 0 Å². The maximum Gasteiger partial charge on any atom is 0.226 e. The van der Waals surface area contributed by atoms with Gasteiger partial charge in [-0.15, -0.1) is 0 Å². The highest BCUT2D eigenvalue weighted by molar-refractivity contribution is 6.30. The van der Waals surface area contributed by atoms with E-state index in [1.165, 1.54) is 0 Å². The molecular formula is C27H34ClN3O2. The van der Waals surface area contributed by atoms with Gasteiger partial charge in [0.2, 0.25) is 5.91 Å². The molecule has 1 atom stereocenters. The van der Waals surface area contributed by atoms with Crippen molar-refractivity contribution < 1.29 is 9.59 Å². The highest BCUT2D eigenvalue weighted by atomic mass is 35.5. The molecule has 1 saturated carbocycles. The highest BCUT2D eigenvalue weighted by Crippen LogP contribution is 2.35. The zero-order valence-corrected chi connectivity index (χ0v) is 20.9. The van der Waals surface area contributed by atoms with E-state index in [1.807, 2.05) is 31.2 Å². The number of pyridine rings is 1. The van der Waals surface area contributed by atoms with Crippen LogP contribution in [0.4, 0.5) is 0 Å². The van der Waals surface area contributed by atoms with E-state index in [2.05, 4.69) is 35.6 Å². The van der Waals surface area contributed by atoms with Crippen molar-refractivity contribution >= 4 is 23.3 Å². The standard InChI is InChI=1S/C27H34ClN3O2/c1-17-9-23(10-17)27(33)31-8-7-30(15-19(31)3)16-24-12-25(28)11-22(20(24)4)13-26(32)21-6-5-18(2)29-14-21/h5-6,11-12,14,17,19,23H,7-10,13,15-16H2,1-4H3/t17?,19-,23?/m0/s1. The van der Waals surface area contributed by atoms with Gasteiger partial charge in [-0.3, -0.25) is 19.5 Å². The summed E-state index contributed by atoms with van der Waals surface area (Å²) in [4.78, 5) is 34.4. The molecule has 6 heteroatoms. The molecule has 2 heterocycles. The van der Waals surface area contributed by atoms with Gasteiger partial charge in [0, 0.05) is 67.0 Å². The van der Waals surface area contributed by atoms with Gasteiger partial charge < -0.3 is 4.90 Å². The molecule has 2 fully saturated rings. The molecule has 1 amide bonds. The summed E-state index contributed by atoms with van der Waals surface area (Å²) in [5.74, 6) is 1.30. The largest absolute Gasteiger partial charge is 0.337 e. The average Bonchev–Trinajstić information content (AvgIpc) is 2.75. The predicted octanol–water partition coefficient (Wildman–Crippen LogP) is 4.86. The van der Waals surface area contributed by atoms with Crippen molar-refractivity contribution in [3.8, 4) is 0 Å². The maximum atomic E-state index is 12.8. The maximum absolute atomic E-state index is 12.8. The number of ketones is 1. The first-order valence-electron chi connectivity index (χ1n) is 12.0. The van der Waals surface area contributed by atoms with Crippen LogP contribution in [0.15, 0.2) is 30.5 Å². The van der Waals surface area contributed by atoms with E-state index in [1.54, 1.807) is 6.20 Å². The Morgan fingerprint density at radius 3 is 2.45 bits per heavy atom. The molecule has 1 aliphatic carbocycles. The van der Waals surface area contributed by atoms with Crippen LogP contribution in [0.5, 0.6) is 0 Å². The quantitative estimate of drug-likeness (QED) is 0.569. The molecule has 33 heavy (non-hydrogen) atoms. The Bertz CT molecular complexity index is 1030. The van der Waals surface area contributed by atoms with Crippen molar-refractivity contribution in [2.75, 3.05) is 19.6 Å². The molecule has 0 spiro atoms. The molecule has 1 saturated heterocycles. The van der Waals surface area contributed by atoms with Gasteiger partial charge in [-0.1, -0.05) is 18.5 Å². The van der Waals surface area contributed by atoms with Crippen LogP contribution in [0.25, 0.3) is 0 Å². The number of aryl methyl sites for hydroxylation is 1. The first-order chi connectivity index (χ1) is 15.7. The van der Waals surface area contributed by atoms with Crippen LogP contribution in [0, 0.1) is 25.7 Å². The zero-order chi connectivity index (χ0) is 23.7. The Labute approximate surface area is 202 Å². The predicted molar refractivity (Wildman–Crippen MR) is 132 cm³/mol. The fraction of sp³-hybridized carbons (Fsp3) is 0.519. The van der Waals surface area contributed by atoms with Crippen LogP contribution in [0.3, 0.4) is 0 Å². The number of carbonyl (C=O) groups is 2. The van der Waals surface area contributed by atoms with Crippen molar-refractivity contribution in [3.63, 3.8) is 0 Å². The third-order valence-corrected chi connectivity index (χ3v) is 7.50. The molecule has 1 aliphatic heterocycles. The average molecular weight is 468 g/mol. The van der Waals surface area contributed by atoms with Gasteiger partial charge in [-0.05, 0) is 80.5 Å². The van der Waals surface area contributed by atoms with E-state index in [0.29, 0.717) is 28.8 Å². The fourth-order valence-electron chi connectivity index (χ4n) is 5.14. The lowest BCUT2D eigenvalue weighted by Crippen LogP contribution is -2.56. The number of benzene rings is 1. The molecule has 1 aromatic heterocycles. The zero-order valence-electron chi connectivity index (χ0n) is 20.1. The van der Waals surface area contributed by atoms with E-state index in [0.717, 1.165) is 61.4 Å². The topological polar surface area (TPSA) is 53.5 Å². The summed E-state index contributed by atoms with van der Waals surface area (Å²) in [6, 6.07) is 7.81. The second kappa shape index (κ2) is 9.94. The second-order valence-corrected chi connectivity index (χ2v) is 10.5. The Balaban J connectivity index is 1.41. The van der Waals surface area contributed by atoms with Crippen LogP contribution in [0.1, 0.15) is 59.4 Å². The van der Waals surface area contributed by atoms with Gasteiger partial charge in [0.1, 0.15) is 0 Å². The fourth-order valence-corrected chi connectivity index (χ4v) is 5.40. The number of carbonyl (C=O) groups excluding carboxylic acids is 2. The lowest BCUT2D eigenvalue weighted by molar-refractivity contribution is -0.144. The number of hydrogen-bond acceptors (Lipinski definition) is 4. The van der Waals surface area contributed by atoms with Crippen molar-refractivity contribution in [3.05, 3.63) is 63.4 Å². The summed E-state index contributed by atoms with van der Waals surface area (Å²) in [5, 5.41) is 0.654. The minimum atomic E-state index is 0.0462. The van der Waals surface area contributed by atoms with Crippen molar-refractivity contribution in [1.82, 2.24) is 14.8 Å². The number of amides is 1. The van der Waals surface area contributed by atoms with Crippen molar-refractivity contribution in [2.24, 2.45) is 11.8 Å². The number of rotatable bonds is 6. The summed E-state index contributed by atoms with van der Waals surface area (Å²) in [6.45, 7) is 11.6. The summed E-state index contributed by atoms with van der Waals surface area (Å²) < 4.78 is 0. The molecule has 2 aromatic rings. The first-order valence-corrected chi connectivity index (χ1v) is 12.4. The van der Waals surface area contributed by atoms with Crippen molar-refractivity contribution in [2.45, 2.75) is 59.5 Å². The third-order valence-electron chi connectivity index (χ3n) is 7.28. The van der Waals surface area contributed by atoms with Gasteiger partial charge in [0.15, 0.2) is 5.78 Å². The number of piperazine rings is 1. The minimum Gasteiger partial charge on any atom is -0.337 e. The minimum absolute atomic E-state index is 0.0462. The van der Waals surface area contributed by atoms with Gasteiger partial charge in [-0.2, -0.15) is 0 Å². The summed E-state index contributed by atoms with van der Waals surface area (Å²) in [5.41, 5.74) is 4.74. The Morgan fingerprint density at radius 1 is 1.09 bits per heavy atom. The van der Waals surface area contributed by atoms with E-state index >= 15 is 0 Å². The van der Waals surface area contributed by atoms with E-state index < -0.39 is 0 Å². The number of Topliss-reactive ketones (excluding diaryl/α,β-unsaturated/α-hetero) is 1. The van der Waals surface area contributed by atoms with E-state index in [9.17, 15) is 9.59 Å². The smallest absolute Gasteiger partial charge is 0.226 e. The summed E-state index contributed by atoms with van der Waals surface area (Å²) in [6.07, 6.45) is 4.02. The molecule has 1 aromatic carbocycles. The monoisotopic (exact) mass is 467 g/mol. The van der Waals surface area contributed by atoms with Crippen LogP contribution in [0.2, 0.25) is 5.02 Å². The Kier molecular flexibility index (Phi) is 7.20. The van der Waals surface area contributed by atoms with Crippen LogP contribution >= 0.6 is 11.6 Å². The number of aromatic nitrogens is 1. The third kappa shape index (κ3) is 5.47.